The lowest BCUT2D eigenvalue weighted by atomic mass is 10.2. The Bertz CT molecular complexity index is 623. The number of nitrogens with one attached hydrogen (secondary N) is 1. The van der Waals surface area contributed by atoms with Crippen LogP contribution in [0.3, 0.4) is 0 Å². The van der Waals surface area contributed by atoms with E-state index in [0.717, 1.165) is 49.8 Å². The van der Waals surface area contributed by atoms with Crippen molar-refractivity contribution in [3.8, 4) is 5.75 Å². The number of nitrogens with zero attached hydrogens (tertiary/aromatic N) is 2. The van der Waals surface area contributed by atoms with Crippen molar-refractivity contribution in [2.75, 3.05) is 44.9 Å². The van der Waals surface area contributed by atoms with Crippen LogP contribution in [-0.2, 0) is 4.74 Å². The molecule has 0 radical (unpaired) electrons. The lowest BCUT2D eigenvalue weighted by molar-refractivity contribution is 0.0322. The van der Waals surface area contributed by atoms with Crippen LogP contribution in [0.25, 0.3) is 0 Å². The third-order valence-electron chi connectivity index (χ3n) is 3.84. The van der Waals surface area contributed by atoms with E-state index in [1.54, 1.807) is 6.21 Å². The van der Waals surface area contributed by atoms with Crippen molar-refractivity contribution in [1.29, 1.82) is 0 Å². The van der Waals surface area contributed by atoms with E-state index in [1.165, 1.54) is 0 Å². The number of benzene rings is 2. The van der Waals surface area contributed by atoms with Crippen LogP contribution in [0, 0.1) is 0 Å². The summed E-state index contributed by atoms with van der Waals surface area (Å²) in [5, 5.41) is 4.23. The van der Waals surface area contributed by atoms with Gasteiger partial charge in [-0.25, -0.2) is 0 Å². The fourth-order valence-electron chi connectivity index (χ4n) is 2.46. The zero-order valence-corrected chi connectivity index (χ0v) is 13.7. The lowest BCUT2D eigenvalue weighted by Crippen LogP contribution is -2.38. The second kappa shape index (κ2) is 9.05. The number of rotatable bonds is 7. The molecule has 1 aliphatic rings. The number of hydrazone groups is 1. The Balaban J connectivity index is 1.41. The van der Waals surface area contributed by atoms with Crippen LogP contribution in [0.1, 0.15) is 5.56 Å². The lowest BCUT2D eigenvalue weighted by Gasteiger charge is -2.26. The van der Waals surface area contributed by atoms with Gasteiger partial charge in [0.05, 0.1) is 25.1 Å². The molecule has 0 saturated carbocycles. The van der Waals surface area contributed by atoms with E-state index in [4.69, 9.17) is 9.47 Å². The smallest absolute Gasteiger partial charge is 0.119 e. The monoisotopic (exact) mass is 325 g/mol. The van der Waals surface area contributed by atoms with E-state index in [1.807, 2.05) is 54.6 Å². The first-order valence-electron chi connectivity index (χ1n) is 8.27. The van der Waals surface area contributed by atoms with Crippen LogP contribution < -0.4 is 10.2 Å². The molecule has 5 nitrogen and oxygen atoms in total. The van der Waals surface area contributed by atoms with E-state index in [9.17, 15) is 0 Å². The highest BCUT2D eigenvalue weighted by Gasteiger charge is 2.09. The first-order valence-corrected chi connectivity index (χ1v) is 8.27. The van der Waals surface area contributed by atoms with Gasteiger partial charge in [0, 0.05) is 19.6 Å². The van der Waals surface area contributed by atoms with Gasteiger partial charge in [0.25, 0.3) is 0 Å². The van der Waals surface area contributed by atoms with Crippen molar-refractivity contribution in [3.05, 3.63) is 60.2 Å². The normalized spacial score (nSPS) is 15.5. The summed E-state index contributed by atoms with van der Waals surface area (Å²) in [6, 6.07) is 17.8. The first-order chi connectivity index (χ1) is 11.9. The summed E-state index contributed by atoms with van der Waals surface area (Å²) in [5.74, 6) is 0.886. The van der Waals surface area contributed by atoms with Crippen molar-refractivity contribution in [3.63, 3.8) is 0 Å². The van der Waals surface area contributed by atoms with Crippen LogP contribution in [0.15, 0.2) is 59.7 Å². The highest BCUT2D eigenvalue weighted by molar-refractivity contribution is 5.80. The maximum Gasteiger partial charge on any atom is 0.119 e. The molecular weight excluding hydrogens is 302 g/mol. The van der Waals surface area contributed by atoms with Gasteiger partial charge in [-0.2, -0.15) is 5.10 Å². The minimum absolute atomic E-state index is 0.697. The predicted octanol–water partition coefficient (Wildman–Crippen LogP) is 2.84. The Hall–Kier alpha value is -2.37. The average molecular weight is 325 g/mol. The molecule has 0 amide bonds. The van der Waals surface area contributed by atoms with Gasteiger partial charge in [-0.1, -0.05) is 18.2 Å². The molecule has 2 aromatic carbocycles. The molecular formula is C19H23N3O2. The molecule has 24 heavy (non-hydrogen) atoms. The second-order valence-corrected chi connectivity index (χ2v) is 5.61. The fraction of sp³-hybridized carbons (Fsp3) is 0.316. The van der Waals surface area contributed by atoms with E-state index < -0.39 is 0 Å². The number of hydrogen-bond acceptors (Lipinski definition) is 5. The van der Waals surface area contributed by atoms with E-state index in [0.29, 0.717) is 6.61 Å². The number of para-hydroxylation sites is 1. The van der Waals surface area contributed by atoms with E-state index in [2.05, 4.69) is 15.4 Å². The summed E-state index contributed by atoms with van der Waals surface area (Å²) in [5.41, 5.74) is 5.00. The third-order valence-corrected chi connectivity index (χ3v) is 3.84. The zero-order chi connectivity index (χ0) is 16.5. The molecule has 5 heteroatoms. The van der Waals surface area contributed by atoms with Gasteiger partial charge in [-0.3, -0.25) is 10.3 Å². The predicted molar refractivity (Wildman–Crippen MR) is 96.9 cm³/mol. The van der Waals surface area contributed by atoms with Crippen molar-refractivity contribution in [2.45, 2.75) is 0 Å². The van der Waals surface area contributed by atoms with Gasteiger partial charge in [0.15, 0.2) is 0 Å². The Kier molecular flexibility index (Phi) is 6.22. The topological polar surface area (TPSA) is 46.1 Å². The summed E-state index contributed by atoms with van der Waals surface area (Å²) in [7, 11) is 0. The Morgan fingerprint density at radius 2 is 1.79 bits per heavy atom. The molecule has 0 bridgehead atoms. The van der Waals surface area contributed by atoms with Crippen molar-refractivity contribution in [2.24, 2.45) is 5.10 Å². The van der Waals surface area contributed by atoms with Crippen LogP contribution in [-0.4, -0.2) is 50.6 Å². The highest BCUT2D eigenvalue weighted by atomic mass is 16.5. The molecule has 1 saturated heterocycles. The largest absolute Gasteiger partial charge is 0.492 e. The molecule has 0 atom stereocenters. The quantitative estimate of drug-likeness (QED) is 0.628. The third kappa shape index (κ3) is 5.37. The Morgan fingerprint density at radius 1 is 1.04 bits per heavy atom. The molecule has 1 aliphatic heterocycles. The Labute approximate surface area is 142 Å². The highest BCUT2D eigenvalue weighted by Crippen LogP contribution is 2.11. The van der Waals surface area contributed by atoms with Crippen LogP contribution in [0.5, 0.6) is 5.75 Å². The first kappa shape index (κ1) is 16.5. The molecule has 0 spiro atoms. The minimum Gasteiger partial charge on any atom is -0.492 e. The average Bonchev–Trinajstić information content (AvgIpc) is 2.65. The maximum atomic E-state index is 5.79. The molecule has 1 N–H and O–H groups in total. The van der Waals surface area contributed by atoms with Crippen molar-refractivity contribution >= 4 is 11.9 Å². The number of morpholine rings is 1. The number of ether oxygens (including phenoxy) is 2. The summed E-state index contributed by atoms with van der Waals surface area (Å²) >= 11 is 0. The van der Waals surface area contributed by atoms with Gasteiger partial charge in [-0.15, -0.1) is 0 Å². The Morgan fingerprint density at radius 3 is 2.54 bits per heavy atom. The summed E-state index contributed by atoms with van der Waals surface area (Å²) in [4.78, 5) is 2.36. The number of hydrogen-bond donors (Lipinski definition) is 1. The molecule has 1 heterocycles. The molecule has 1 fully saturated rings. The van der Waals surface area contributed by atoms with Gasteiger partial charge in [0.1, 0.15) is 12.4 Å². The van der Waals surface area contributed by atoms with E-state index in [-0.39, 0.29) is 0 Å². The molecule has 0 aromatic heterocycles. The van der Waals surface area contributed by atoms with Gasteiger partial charge < -0.3 is 9.47 Å². The second-order valence-electron chi connectivity index (χ2n) is 5.61. The van der Waals surface area contributed by atoms with Crippen LogP contribution in [0.2, 0.25) is 0 Å². The molecule has 2 aromatic rings. The van der Waals surface area contributed by atoms with Gasteiger partial charge >= 0.3 is 0 Å². The molecule has 0 unspecified atom stereocenters. The zero-order valence-electron chi connectivity index (χ0n) is 13.7. The maximum absolute atomic E-state index is 5.79. The van der Waals surface area contributed by atoms with Crippen LogP contribution >= 0.6 is 0 Å². The molecule has 3 rings (SSSR count). The number of anilines is 1. The van der Waals surface area contributed by atoms with E-state index >= 15 is 0 Å². The van der Waals surface area contributed by atoms with Gasteiger partial charge in [-0.05, 0) is 42.0 Å². The summed E-state index contributed by atoms with van der Waals surface area (Å²) < 4.78 is 11.1. The van der Waals surface area contributed by atoms with Gasteiger partial charge in [0.2, 0.25) is 0 Å². The molecule has 126 valence electrons. The molecule has 0 aliphatic carbocycles. The fourth-order valence-corrected chi connectivity index (χ4v) is 2.46. The van der Waals surface area contributed by atoms with Crippen molar-refractivity contribution in [1.82, 2.24) is 4.90 Å². The minimum atomic E-state index is 0.697. The summed E-state index contributed by atoms with van der Waals surface area (Å²) in [6.07, 6.45) is 1.80. The van der Waals surface area contributed by atoms with Crippen LogP contribution in [0.4, 0.5) is 5.69 Å². The SMILES string of the molecule is C(=NNc1ccccc1)c1ccc(OCCN2CCOCC2)cc1. The summed E-state index contributed by atoms with van der Waals surface area (Å²) in [6.45, 7) is 5.27. The van der Waals surface area contributed by atoms with Crippen molar-refractivity contribution < 1.29 is 9.47 Å². The standard InChI is InChI=1S/C19H23N3O2/c1-2-4-18(5-3-1)21-20-16-17-6-8-19(9-7-17)24-15-12-22-10-13-23-14-11-22/h1-9,16,21H,10-15H2.